The molecule has 1 aromatic carbocycles. The fourth-order valence-electron chi connectivity index (χ4n) is 1.71. The molecule has 0 aliphatic heterocycles. The van der Waals surface area contributed by atoms with Gasteiger partial charge in [-0.25, -0.2) is 9.48 Å². The Morgan fingerprint density at radius 2 is 2.00 bits per heavy atom. The highest BCUT2D eigenvalue weighted by molar-refractivity contribution is 5.92. The standard InChI is InChI=1S/C12H13N3O2/c1-7-4-5-9(6-8(7)2)11-10(12(16)17)13-14-15(11)3/h4-6H,1-3H3,(H,16,17). The Kier molecular flexibility index (Phi) is 2.67. The van der Waals surface area contributed by atoms with Gasteiger partial charge in [-0.2, -0.15) is 0 Å². The fraction of sp³-hybridized carbons (Fsp3) is 0.250. The molecule has 0 unspecified atom stereocenters. The molecule has 2 aromatic rings. The van der Waals surface area contributed by atoms with Crippen LogP contribution >= 0.6 is 0 Å². The minimum absolute atomic E-state index is 0.0178. The van der Waals surface area contributed by atoms with E-state index in [4.69, 9.17) is 5.11 Å². The van der Waals surface area contributed by atoms with Crippen LogP contribution in [0.5, 0.6) is 0 Å². The van der Waals surface area contributed by atoms with E-state index in [0.717, 1.165) is 11.1 Å². The van der Waals surface area contributed by atoms with Crippen LogP contribution < -0.4 is 0 Å². The Bertz CT molecular complexity index is 587. The average molecular weight is 231 g/mol. The van der Waals surface area contributed by atoms with Crippen LogP contribution in [0.1, 0.15) is 21.6 Å². The maximum atomic E-state index is 11.0. The van der Waals surface area contributed by atoms with Crippen LogP contribution in [-0.2, 0) is 7.05 Å². The molecule has 0 aliphatic rings. The van der Waals surface area contributed by atoms with Gasteiger partial charge in [-0.1, -0.05) is 17.3 Å². The Labute approximate surface area is 98.7 Å². The topological polar surface area (TPSA) is 68.0 Å². The van der Waals surface area contributed by atoms with Crippen molar-refractivity contribution in [2.75, 3.05) is 0 Å². The Morgan fingerprint density at radius 3 is 2.59 bits per heavy atom. The van der Waals surface area contributed by atoms with Crippen molar-refractivity contribution >= 4 is 5.97 Å². The van der Waals surface area contributed by atoms with E-state index in [1.54, 1.807) is 7.05 Å². The molecule has 0 bridgehead atoms. The summed E-state index contributed by atoms with van der Waals surface area (Å²) in [6.45, 7) is 4.00. The number of hydrogen-bond donors (Lipinski definition) is 1. The van der Waals surface area contributed by atoms with E-state index in [9.17, 15) is 4.79 Å². The summed E-state index contributed by atoms with van der Waals surface area (Å²) in [7, 11) is 1.68. The predicted molar refractivity (Wildman–Crippen MR) is 62.9 cm³/mol. The highest BCUT2D eigenvalue weighted by Gasteiger charge is 2.18. The lowest BCUT2D eigenvalue weighted by atomic mass is 10.0. The van der Waals surface area contributed by atoms with Crippen LogP contribution in [0.4, 0.5) is 0 Å². The van der Waals surface area contributed by atoms with Gasteiger partial charge < -0.3 is 5.11 Å². The lowest BCUT2D eigenvalue weighted by Crippen LogP contribution is -2.01. The van der Waals surface area contributed by atoms with Crippen molar-refractivity contribution in [1.29, 1.82) is 0 Å². The third-order valence-electron chi connectivity index (χ3n) is 2.81. The van der Waals surface area contributed by atoms with E-state index < -0.39 is 5.97 Å². The van der Waals surface area contributed by atoms with Crippen molar-refractivity contribution < 1.29 is 9.90 Å². The summed E-state index contributed by atoms with van der Waals surface area (Å²) >= 11 is 0. The average Bonchev–Trinajstić information content (AvgIpc) is 2.64. The number of carboxylic acid groups (broad SMARTS) is 1. The van der Waals surface area contributed by atoms with Crippen LogP contribution in [0, 0.1) is 13.8 Å². The molecule has 17 heavy (non-hydrogen) atoms. The summed E-state index contributed by atoms with van der Waals surface area (Å²) in [5.41, 5.74) is 3.61. The number of hydrogen-bond acceptors (Lipinski definition) is 3. The number of benzene rings is 1. The minimum Gasteiger partial charge on any atom is -0.476 e. The van der Waals surface area contributed by atoms with Gasteiger partial charge in [0.05, 0.1) is 0 Å². The molecule has 0 spiro atoms. The smallest absolute Gasteiger partial charge is 0.358 e. The molecular weight excluding hydrogens is 218 g/mol. The maximum Gasteiger partial charge on any atom is 0.358 e. The zero-order valence-electron chi connectivity index (χ0n) is 9.93. The molecule has 0 radical (unpaired) electrons. The molecule has 0 saturated heterocycles. The second-order valence-corrected chi connectivity index (χ2v) is 4.01. The Hall–Kier alpha value is -2.17. The monoisotopic (exact) mass is 231 g/mol. The highest BCUT2D eigenvalue weighted by Crippen LogP contribution is 2.23. The molecule has 0 amide bonds. The van der Waals surface area contributed by atoms with Gasteiger partial charge in [-0.05, 0) is 31.0 Å². The molecule has 1 heterocycles. The Morgan fingerprint density at radius 1 is 1.29 bits per heavy atom. The van der Waals surface area contributed by atoms with E-state index in [2.05, 4.69) is 10.3 Å². The first-order valence-electron chi connectivity index (χ1n) is 5.21. The molecule has 0 aliphatic carbocycles. The van der Waals surface area contributed by atoms with Crippen molar-refractivity contribution in [3.63, 3.8) is 0 Å². The van der Waals surface area contributed by atoms with Crippen LogP contribution in [0.3, 0.4) is 0 Å². The van der Waals surface area contributed by atoms with Gasteiger partial charge in [0.2, 0.25) is 0 Å². The fourth-order valence-corrected chi connectivity index (χ4v) is 1.71. The molecule has 5 heteroatoms. The van der Waals surface area contributed by atoms with Crippen LogP contribution in [0.2, 0.25) is 0 Å². The summed E-state index contributed by atoms with van der Waals surface area (Å²) in [6, 6.07) is 5.79. The van der Waals surface area contributed by atoms with Crippen molar-refractivity contribution in [3.8, 4) is 11.3 Å². The first kappa shape index (κ1) is 11.3. The lowest BCUT2D eigenvalue weighted by Gasteiger charge is -2.05. The largest absolute Gasteiger partial charge is 0.476 e. The summed E-state index contributed by atoms with van der Waals surface area (Å²) in [5.74, 6) is -1.06. The van der Waals surface area contributed by atoms with Crippen LogP contribution in [-0.4, -0.2) is 26.1 Å². The Balaban J connectivity index is 2.63. The van der Waals surface area contributed by atoms with E-state index in [-0.39, 0.29) is 5.69 Å². The van der Waals surface area contributed by atoms with E-state index >= 15 is 0 Å². The van der Waals surface area contributed by atoms with Gasteiger partial charge in [0.1, 0.15) is 5.69 Å². The molecule has 0 atom stereocenters. The van der Waals surface area contributed by atoms with E-state index in [1.165, 1.54) is 10.2 Å². The lowest BCUT2D eigenvalue weighted by molar-refractivity contribution is 0.0691. The number of aryl methyl sites for hydroxylation is 3. The van der Waals surface area contributed by atoms with Crippen molar-refractivity contribution in [1.82, 2.24) is 15.0 Å². The van der Waals surface area contributed by atoms with Crippen molar-refractivity contribution in [3.05, 3.63) is 35.0 Å². The predicted octanol–water partition coefficient (Wildman–Crippen LogP) is 1.80. The number of carbonyl (C=O) groups is 1. The number of aromatic carboxylic acids is 1. The second-order valence-electron chi connectivity index (χ2n) is 4.01. The molecule has 1 aromatic heterocycles. The molecule has 0 fully saturated rings. The van der Waals surface area contributed by atoms with Crippen molar-refractivity contribution in [2.24, 2.45) is 7.05 Å². The van der Waals surface area contributed by atoms with Gasteiger partial charge in [0.25, 0.3) is 0 Å². The second kappa shape index (κ2) is 4.01. The van der Waals surface area contributed by atoms with Gasteiger partial charge >= 0.3 is 5.97 Å². The molecule has 0 saturated carbocycles. The van der Waals surface area contributed by atoms with E-state index in [0.29, 0.717) is 5.69 Å². The van der Waals surface area contributed by atoms with E-state index in [1.807, 2.05) is 32.0 Å². The summed E-state index contributed by atoms with van der Waals surface area (Å²) in [6.07, 6.45) is 0. The molecule has 88 valence electrons. The molecule has 5 nitrogen and oxygen atoms in total. The zero-order valence-corrected chi connectivity index (χ0v) is 9.93. The summed E-state index contributed by atoms with van der Waals surface area (Å²) in [4.78, 5) is 11.0. The van der Waals surface area contributed by atoms with Crippen molar-refractivity contribution in [2.45, 2.75) is 13.8 Å². The highest BCUT2D eigenvalue weighted by atomic mass is 16.4. The number of aromatic nitrogens is 3. The zero-order chi connectivity index (χ0) is 12.6. The maximum absolute atomic E-state index is 11.0. The van der Waals surface area contributed by atoms with Gasteiger partial charge in [-0.15, -0.1) is 5.10 Å². The van der Waals surface area contributed by atoms with Gasteiger partial charge in [0.15, 0.2) is 5.69 Å². The van der Waals surface area contributed by atoms with Crippen LogP contribution in [0.25, 0.3) is 11.3 Å². The summed E-state index contributed by atoms with van der Waals surface area (Å²) < 4.78 is 1.48. The number of carboxylic acids is 1. The number of nitrogens with zero attached hydrogens (tertiary/aromatic N) is 3. The minimum atomic E-state index is -1.06. The first-order valence-corrected chi connectivity index (χ1v) is 5.21. The molecular formula is C12H13N3O2. The van der Waals surface area contributed by atoms with Gasteiger partial charge in [0, 0.05) is 12.6 Å². The summed E-state index contributed by atoms with van der Waals surface area (Å²) in [5, 5.41) is 16.5. The number of rotatable bonds is 2. The van der Waals surface area contributed by atoms with Crippen LogP contribution in [0.15, 0.2) is 18.2 Å². The SMILES string of the molecule is Cc1ccc(-c2c(C(=O)O)nnn2C)cc1C. The quantitative estimate of drug-likeness (QED) is 0.855. The molecule has 2 rings (SSSR count). The van der Waals surface area contributed by atoms with Gasteiger partial charge in [-0.3, -0.25) is 0 Å². The third kappa shape index (κ3) is 1.91. The molecule has 1 N–H and O–H groups in total. The third-order valence-corrected chi connectivity index (χ3v) is 2.81. The first-order chi connectivity index (χ1) is 8.00. The normalized spacial score (nSPS) is 10.5.